The highest BCUT2D eigenvalue weighted by Crippen LogP contribution is 2.37. The smallest absolute Gasteiger partial charge is 0.236 e. The van der Waals surface area contributed by atoms with Crippen LogP contribution < -0.4 is 0 Å². The van der Waals surface area contributed by atoms with Crippen molar-refractivity contribution in [3.05, 3.63) is 0 Å². The third kappa shape index (κ3) is 2.47. The Labute approximate surface area is 116 Å². The molecule has 3 rings (SSSR count). The zero-order chi connectivity index (χ0) is 13.5. The average Bonchev–Trinajstić information content (AvgIpc) is 3.16. The van der Waals surface area contributed by atoms with E-state index in [4.69, 9.17) is 4.18 Å². The zero-order valence-electron chi connectivity index (χ0n) is 11.2. The Morgan fingerprint density at radius 3 is 2.00 bits per heavy atom. The lowest BCUT2D eigenvalue weighted by Crippen LogP contribution is -2.27. The number of sulfone groups is 1. The molecule has 6 heteroatoms. The van der Waals surface area contributed by atoms with Gasteiger partial charge in [-0.25, -0.2) is 16.8 Å². The van der Waals surface area contributed by atoms with Crippen molar-refractivity contribution in [3.8, 4) is 0 Å². The maximum absolute atomic E-state index is 12.6. The first-order chi connectivity index (χ1) is 9.05. The summed E-state index contributed by atoms with van der Waals surface area (Å²) in [6, 6.07) is 0. The molecular formula is C13H22O4S2. The molecule has 0 aromatic heterocycles. The van der Waals surface area contributed by atoms with E-state index in [1.807, 2.05) is 0 Å². The molecule has 1 atom stereocenters. The lowest BCUT2D eigenvalue weighted by molar-refractivity contribution is 0.482. The highest BCUT2D eigenvalue weighted by Gasteiger charge is 2.51. The molecule has 0 radical (unpaired) electrons. The molecule has 2 aliphatic carbocycles. The molecule has 4 nitrogen and oxygen atoms in total. The van der Waals surface area contributed by atoms with Crippen molar-refractivity contribution in [2.24, 2.45) is 0 Å². The van der Waals surface area contributed by atoms with Crippen LogP contribution in [0, 0.1) is 0 Å². The topological polar surface area (TPSA) is 63.7 Å². The van der Waals surface area contributed by atoms with Crippen molar-refractivity contribution >= 4 is 24.0 Å². The van der Waals surface area contributed by atoms with Gasteiger partial charge < -0.3 is 0 Å². The molecule has 0 amide bonds. The molecule has 110 valence electrons. The summed E-state index contributed by atoms with van der Waals surface area (Å²) in [6.45, 7) is 0. The van der Waals surface area contributed by atoms with Gasteiger partial charge in [-0.1, -0.05) is 38.5 Å². The summed E-state index contributed by atoms with van der Waals surface area (Å²) in [6.07, 6.45) is 9.39. The van der Waals surface area contributed by atoms with Crippen LogP contribution in [0.1, 0.15) is 64.2 Å². The third-order valence-corrected chi connectivity index (χ3v) is 10.2. The van der Waals surface area contributed by atoms with E-state index in [2.05, 4.69) is 0 Å². The highest BCUT2D eigenvalue weighted by atomic mass is 32.3. The SMILES string of the molecule is O=S(=O)(C1=S(=O)(C2CCCCC2)O1)C1CCCCC1. The molecule has 0 bridgehead atoms. The van der Waals surface area contributed by atoms with E-state index in [9.17, 15) is 12.6 Å². The van der Waals surface area contributed by atoms with E-state index < -0.39 is 19.6 Å². The van der Waals surface area contributed by atoms with Gasteiger partial charge in [-0.15, -0.1) is 0 Å². The van der Waals surface area contributed by atoms with Crippen LogP contribution in [0.15, 0.2) is 0 Å². The predicted molar refractivity (Wildman–Crippen MR) is 76.9 cm³/mol. The first-order valence-electron chi connectivity index (χ1n) is 7.38. The maximum atomic E-state index is 12.6. The summed E-state index contributed by atoms with van der Waals surface area (Å²) in [5, 5.41) is -0.391. The highest BCUT2D eigenvalue weighted by molar-refractivity contribution is 8.28. The Balaban J connectivity index is 1.84. The summed E-state index contributed by atoms with van der Waals surface area (Å²) < 4.78 is 42.7. The van der Waals surface area contributed by atoms with Gasteiger partial charge in [0.05, 0.1) is 10.5 Å². The van der Waals surface area contributed by atoms with Gasteiger partial charge in [-0.2, -0.15) is 0 Å². The van der Waals surface area contributed by atoms with Gasteiger partial charge in [-0.3, -0.25) is 0 Å². The van der Waals surface area contributed by atoms with Crippen LogP contribution >= 0.6 is 0 Å². The fourth-order valence-corrected chi connectivity index (χ4v) is 9.14. The van der Waals surface area contributed by atoms with E-state index in [-0.39, 0.29) is 14.9 Å². The van der Waals surface area contributed by atoms with Crippen LogP contribution in [0.2, 0.25) is 0 Å². The Morgan fingerprint density at radius 1 is 0.895 bits per heavy atom. The van der Waals surface area contributed by atoms with Gasteiger partial charge in [-0.05, 0) is 25.7 Å². The summed E-state index contributed by atoms with van der Waals surface area (Å²) in [5.41, 5.74) is 0. The van der Waals surface area contributed by atoms with E-state index >= 15 is 0 Å². The van der Waals surface area contributed by atoms with E-state index in [0.717, 1.165) is 51.4 Å². The van der Waals surface area contributed by atoms with Gasteiger partial charge >= 0.3 is 0 Å². The summed E-state index contributed by atoms with van der Waals surface area (Å²) in [5.74, 6) is 0. The van der Waals surface area contributed by atoms with Gasteiger partial charge in [0.1, 0.15) is 9.80 Å². The third-order valence-electron chi connectivity index (χ3n) is 4.61. The molecule has 3 aliphatic rings. The minimum Gasteiger partial charge on any atom is -0.236 e. The number of hydrogen-bond acceptors (Lipinski definition) is 4. The van der Waals surface area contributed by atoms with Gasteiger partial charge in [0.15, 0.2) is 0 Å². The fraction of sp³-hybridized carbons (Fsp3) is 0.923. The molecule has 0 aromatic carbocycles. The summed E-state index contributed by atoms with van der Waals surface area (Å²) in [4.78, 5) is 0. The van der Waals surface area contributed by atoms with Crippen LogP contribution in [0.4, 0.5) is 0 Å². The Morgan fingerprint density at radius 2 is 1.42 bits per heavy atom. The maximum Gasteiger partial charge on any atom is 0.262 e. The van der Waals surface area contributed by atoms with E-state index in [0.29, 0.717) is 12.8 Å². The second kappa shape index (κ2) is 5.04. The van der Waals surface area contributed by atoms with Crippen LogP contribution in [0.25, 0.3) is 0 Å². The summed E-state index contributed by atoms with van der Waals surface area (Å²) in [7, 11) is -6.07. The molecule has 2 fully saturated rings. The lowest BCUT2D eigenvalue weighted by Gasteiger charge is -2.19. The van der Waals surface area contributed by atoms with Crippen LogP contribution in [-0.4, -0.2) is 27.5 Å². The second-order valence-corrected chi connectivity index (χ2v) is 10.6. The van der Waals surface area contributed by atoms with Gasteiger partial charge in [0.25, 0.3) is 4.38 Å². The monoisotopic (exact) mass is 306 g/mol. The molecule has 1 unspecified atom stereocenters. The molecule has 1 heterocycles. The van der Waals surface area contributed by atoms with Crippen molar-refractivity contribution in [2.45, 2.75) is 74.7 Å². The summed E-state index contributed by atoms with van der Waals surface area (Å²) >= 11 is 0. The minimum absolute atomic E-state index is 0.0428. The molecular weight excluding hydrogens is 284 g/mol. The number of hydrogen-bond donors (Lipinski definition) is 0. The van der Waals surface area contributed by atoms with Crippen molar-refractivity contribution in [3.63, 3.8) is 0 Å². The Kier molecular flexibility index (Phi) is 3.69. The molecule has 0 saturated heterocycles. The standard InChI is InChI=1S/C13H22O4S2/c14-18(15,11-7-3-1-4-8-11)13-17-19(13,16)12-9-5-2-6-10-12/h11-12H,1-10H2. The van der Waals surface area contributed by atoms with Crippen molar-refractivity contribution in [1.82, 2.24) is 0 Å². The van der Waals surface area contributed by atoms with E-state index in [1.165, 1.54) is 0 Å². The van der Waals surface area contributed by atoms with Crippen LogP contribution in [0.3, 0.4) is 0 Å². The zero-order valence-corrected chi connectivity index (χ0v) is 12.8. The molecule has 1 aliphatic heterocycles. The normalized spacial score (nSPS) is 34.4. The quantitative estimate of drug-likeness (QED) is 0.735. The predicted octanol–water partition coefficient (Wildman–Crippen LogP) is 2.38. The van der Waals surface area contributed by atoms with E-state index in [1.54, 1.807) is 0 Å². The van der Waals surface area contributed by atoms with Gasteiger partial charge in [0.2, 0.25) is 9.84 Å². The first-order valence-corrected chi connectivity index (χ1v) is 10.5. The molecule has 0 aromatic rings. The number of rotatable bonds is 2. The Hall–Kier alpha value is -0.0700. The second-order valence-electron chi connectivity index (χ2n) is 5.94. The lowest BCUT2D eigenvalue weighted by atomic mass is 10.0. The molecule has 2 saturated carbocycles. The van der Waals surface area contributed by atoms with Crippen molar-refractivity contribution in [1.29, 1.82) is 0 Å². The van der Waals surface area contributed by atoms with Crippen molar-refractivity contribution < 1.29 is 16.8 Å². The molecule has 0 N–H and O–H groups in total. The molecule has 0 spiro atoms. The molecule has 19 heavy (non-hydrogen) atoms. The van der Waals surface area contributed by atoms with Crippen LogP contribution in [-0.2, 0) is 23.8 Å². The van der Waals surface area contributed by atoms with Crippen LogP contribution in [0.5, 0.6) is 0 Å². The first kappa shape index (κ1) is 13.9. The largest absolute Gasteiger partial charge is 0.262 e. The van der Waals surface area contributed by atoms with Crippen molar-refractivity contribution in [2.75, 3.05) is 0 Å². The average molecular weight is 306 g/mol. The minimum atomic E-state index is -3.43. The Bertz CT molecular complexity index is 520. The van der Waals surface area contributed by atoms with Gasteiger partial charge in [0, 0.05) is 0 Å². The fourth-order valence-electron chi connectivity index (χ4n) is 3.38.